The third-order valence-electron chi connectivity index (χ3n) is 1.51. The highest BCUT2D eigenvalue weighted by Crippen LogP contribution is 2.34. The predicted octanol–water partition coefficient (Wildman–Crippen LogP) is 1.67. The van der Waals surface area contributed by atoms with E-state index in [1.165, 1.54) is 12.1 Å². The van der Waals surface area contributed by atoms with Gasteiger partial charge < -0.3 is 10.5 Å². The number of para-hydroxylation sites is 1. The molecule has 3 N–H and O–H groups in total. The summed E-state index contributed by atoms with van der Waals surface area (Å²) in [5, 5.41) is 17.6. The Labute approximate surface area is 93.8 Å². The topological polar surface area (TPSA) is 102 Å². The number of nitrogens with one attached hydrogen (secondary N) is 1. The highest BCUT2D eigenvalue weighted by molar-refractivity contribution is 9.10. The number of benzene rings is 1. The summed E-state index contributed by atoms with van der Waals surface area (Å²) < 4.78 is 5.51. The van der Waals surface area contributed by atoms with Crippen LogP contribution in [0.2, 0.25) is 0 Å². The van der Waals surface area contributed by atoms with Crippen molar-refractivity contribution in [3.05, 3.63) is 32.8 Å². The van der Waals surface area contributed by atoms with Crippen molar-refractivity contribution in [3.63, 3.8) is 0 Å². The number of rotatable bonds is 4. The molecule has 1 aromatic carbocycles. The lowest BCUT2D eigenvalue weighted by molar-refractivity contribution is -0.385. The maximum Gasteiger partial charge on any atom is 0.312 e. The van der Waals surface area contributed by atoms with Crippen LogP contribution >= 0.6 is 15.9 Å². The highest BCUT2D eigenvalue weighted by Gasteiger charge is 2.17. The zero-order valence-electron chi connectivity index (χ0n) is 7.57. The van der Waals surface area contributed by atoms with Gasteiger partial charge in [-0.1, -0.05) is 6.07 Å². The fourth-order valence-corrected chi connectivity index (χ4v) is 1.40. The Morgan fingerprint density at radius 1 is 1.67 bits per heavy atom. The largest absolute Gasteiger partial charge is 0.478 e. The van der Waals surface area contributed by atoms with Crippen LogP contribution in [0.15, 0.2) is 22.7 Å². The molecule has 0 amide bonds. The van der Waals surface area contributed by atoms with Crippen molar-refractivity contribution in [2.24, 2.45) is 5.73 Å². The van der Waals surface area contributed by atoms with Crippen molar-refractivity contribution in [1.29, 1.82) is 5.41 Å². The number of ether oxygens (including phenoxy) is 1. The van der Waals surface area contributed by atoms with E-state index in [0.29, 0.717) is 4.47 Å². The van der Waals surface area contributed by atoms with Gasteiger partial charge in [0.25, 0.3) is 0 Å². The van der Waals surface area contributed by atoms with Crippen LogP contribution in [0.3, 0.4) is 0 Å². The molecule has 6 nitrogen and oxygen atoms in total. The summed E-state index contributed by atoms with van der Waals surface area (Å²) in [5.74, 6) is -0.113. The molecule has 0 saturated heterocycles. The molecule has 0 atom stereocenters. The minimum absolute atomic E-state index is 0.0812. The average Bonchev–Trinajstić information content (AvgIpc) is 2.15. The van der Waals surface area contributed by atoms with Gasteiger partial charge in [-0.15, -0.1) is 0 Å². The third-order valence-corrected chi connectivity index (χ3v) is 2.14. The first kappa shape index (κ1) is 11.4. The maximum absolute atomic E-state index is 10.6. The van der Waals surface area contributed by atoms with E-state index in [1.54, 1.807) is 6.07 Å². The predicted molar refractivity (Wildman–Crippen MR) is 58.2 cm³/mol. The molecule has 0 unspecified atom stereocenters. The van der Waals surface area contributed by atoms with Crippen molar-refractivity contribution < 1.29 is 9.66 Å². The molecule has 0 aromatic heterocycles. The molecular formula is C8H8BrN3O3. The maximum atomic E-state index is 10.6. The standard InChI is InChI=1S/C8H8BrN3O3/c9-5-2-1-3-6(12(13)14)8(5)15-4-7(10)11/h1-3H,4H2,(H3,10,11). The second-order valence-electron chi connectivity index (χ2n) is 2.66. The first-order chi connectivity index (χ1) is 7.02. The second-order valence-corrected chi connectivity index (χ2v) is 3.51. The quantitative estimate of drug-likeness (QED) is 0.377. The van der Waals surface area contributed by atoms with Crippen LogP contribution in [0.1, 0.15) is 0 Å². The average molecular weight is 274 g/mol. The molecule has 80 valence electrons. The number of nitro groups is 1. The van der Waals surface area contributed by atoms with Gasteiger partial charge in [0.1, 0.15) is 12.4 Å². The minimum atomic E-state index is -0.555. The molecule has 7 heteroatoms. The Hall–Kier alpha value is -1.63. The van der Waals surface area contributed by atoms with Gasteiger partial charge in [-0.05, 0) is 22.0 Å². The molecule has 0 bridgehead atoms. The van der Waals surface area contributed by atoms with Crippen molar-refractivity contribution in [2.45, 2.75) is 0 Å². The Kier molecular flexibility index (Phi) is 3.62. The smallest absolute Gasteiger partial charge is 0.312 e. The Morgan fingerprint density at radius 3 is 2.87 bits per heavy atom. The van der Waals surface area contributed by atoms with Gasteiger partial charge in [-0.25, -0.2) is 0 Å². The highest BCUT2D eigenvalue weighted by atomic mass is 79.9. The molecule has 0 fully saturated rings. The van der Waals surface area contributed by atoms with E-state index in [0.717, 1.165) is 0 Å². The lowest BCUT2D eigenvalue weighted by atomic mass is 10.3. The second kappa shape index (κ2) is 4.74. The van der Waals surface area contributed by atoms with Crippen molar-refractivity contribution in [1.82, 2.24) is 0 Å². The van der Waals surface area contributed by atoms with E-state index in [9.17, 15) is 10.1 Å². The van der Waals surface area contributed by atoms with Crippen LogP contribution in [-0.4, -0.2) is 17.4 Å². The fraction of sp³-hybridized carbons (Fsp3) is 0.125. The lowest BCUT2D eigenvalue weighted by Gasteiger charge is -2.06. The summed E-state index contributed by atoms with van der Waals surface area (Å²) in [6.07, 6.45) is 0. The van der Waals surface area contributed by atoms with Crippen LogP contribution in [0.5, 0.6) is 5.75 Å². The van der Waals surface area contributed by atoms with Gasteiger partial charge in [0.05, 0.1) is 9.40 Å². The molecule has 0 saturated carbocycles. The zero-order chi connectivity index (χ0) is 11.4. The molecule has 1 rings (SSSR count). The molecule has 0 radical (unpaired) electrons. The number of nitrogens with two attached hydrogens (primary N) is 1. The SMILES string of the molecule is N=C(N)COc1c(Br)cccc1[N+](=O)[O-]. The minimum Gasteiger partial charge on any atom is -0.478 e. The van der Waals surface area contributed by atoms with Gasteiger partial charge in [0.2, 0.25) is 5.75 Å². The molecule has 0 spiro atoms. The molecular weight excluding hydrogens is 266 g/mol. The van der Waals surface area contributed by atoms with Gasteiger partial charge >= 0.3 is 5.69 Å². The molecule has 0 heterocycles. The Bertz CT molecular complexity index is 408. The Morgan fingerprint density at radius 2 is 2.33 bits per heavy atom. The van der Waals surface area contributed by atoms with E-state index < -0.39 is 4.92 Å². The number of hydrogen-bond donors (Lipinski definition) is 2. The lowest BCUT2D eigenvalue weighted by Crippen LogP contribution is -2.19. The molecule has 1 aromatic rings. The van der Waals surface area contributed by atoms with Crippen molar-refractivity contribution in [3.8, 4) is 5.75 Å². The van der Waals surface area contributed by atoms with Gasteiger partial charge in [0, 0.05) is 6.07 Å². The van der Waals surface area contributed by atoms with Gasteiger partial charge in [-0.3, -0.25) is 15.5 Å². The summed E-state index contributed by atoms with van der Waals surface area (Å²) in [5.41, 5.74) is 4.93. The number of nitrogens with zero attached hydrogens (tertiary/aromatic N) is 1. The van der Waals surface area contributed by atoms with E-state index in [-0.39, 0.29) is 23.9 Å². The van der Waals surface area contributed by atoms with E-state index in [4.69, 9.17) is 15.9 Å². The first-order valence-electron chi connectivity index (χ1n) is 3.91. The molecule has 0 aliphatic heterocycles. The third kappa shape index (κ3) is 2.91. The van der Waals surface area contributed by atoms with Crippen LogP contribution in [0, 0.1) is 15.5 Å². The van der Waals surface area contributed by atoms with E-state index in [1.807, 2.05) is 0 Å². The van der Waals surface area contributed by atoms with Gasteiger partial charge in [-0.2, -0.15) is 0 Å². The Balaban J connectivity index is 3.02. The first-order valence-corrected chi connectivity index (χ1v) is 4.70. The number of halogens is 1. The normalized spacial score (nSPS) is 9.67. The van der Waals surface area contributed by atoms with Crippen LogP contribution in [-0.2, 0) is 0 Å². The zero-order valence-corrected chi connectivity index (χ0v) is 9.15. The monoisotopic (exact) mass is 273 g/mol. The van der Waals surface area contributed by atoms with Crippen LogP contribution in [0.4, 0.5) is 5.69 Å². The molecule has 15 heavy (non-hydrogen) atoms. The van der Waals surface area contributed by atoms with Crippen LogP contribution in [0.25, 0.3) is 0 Å². The van der Waals surface area contributed by atoms with Crippen molar-refractivity contribution in [2.75, 3.05) is 6.61 Å². The van der Waals surface area contributed by atoms with Crippen LogP contribution < -0.4 is 10.5 Å². The summed E-state index contributed by atoms with van der Waals surface area (Å²) in [6, 6.07) is 4.46. The molecule has 0 aliphatic carbocycles. The number of hydrogen-bond acceptors (Lipinski definition) is 4. The van der Waals surface area contributed by atoms with Crippen molar-refractivity contribution >= 4 is 27.5 Å². The van der Waals surface area contributed by atoms with E-state index in [2.05, 4.69) is 15.9 Å². The summed E-state index contributed by atoms with van der Waals surface area (Å²) in [6.45, 7) is -0.177. The summed E-state index contributed by atoms with van der Waals surface area (Å²) in [4.78, 5) is 10.1. The summed E-state index contributed by atoms with van der Waals surface area (Å²) >= 11 is 3.12. The fourth-order valence-electron chi connectivity index (χ4n) is 0.934. The number of nitro benzene ring substituents is 1. The number of amidine groups is 1. The molecule has 0 aliphatic rings. The van der Waals surface area contributed by atoms with Gasteiger partial charge in [0.15, 0.2) is 0 Å². The summed E-state index contributed by atoms with van der Waals surface area (Å²) in [7, 11) is 0. The van der Waals surface area contributed by atoms with E-state index >= 15 is 0 Å².